The Labute approximate surface area is 175 Å². The number of amides is 3. The third-order valence-electron chi connectivity index (χ3n) is 5.48. The van der Waals surface area contributed by atoms with Crippen molar-refractivity contribution in [2.24, 2.45) is 0 Å². The van der Waals surface area contributed by atoms with Crippen LogP contribution in [-0.4, -0.2) is 42.4 Å². The molecule has 0 radical (unpaired) electrons. The number of nitrogens with one attached hydrogen (secondary N) is 1. The summed E-state index contributed by atoms with van der Waals surface area (Å²) in [4.78, 5) is 38.4. The molecule has 0 atom stereocenters. The van der Waals surface area contributed by atoms with Crippen LogP contribution < -0.4 is 14.8 Å². The van der Waals surface area contributed by atoms with Gasteiger partial charge in [0.05, 0.1) is 24.3 Å². The van der Waals surface area contributed by atoms with Crippen LogP contribution >= 0.6 is 0 Å². The van der Waals surface area contributed by atoms with E-state index in [0.29, 0.717) is 28.3 Å². The minimum absolute atomic E-state index is 0.0102. The maximum Gasteiger partial charge on any atom is 0.261 e. The third-order valence-corrected chi connectivity index (χ3v) is 5.48. The molecule has 4 rings (SSSR count). The van der Waals surface area contributed by atoms with Crippen LogP contribution in [0.4, 0.5) is 5.69 Å². The van der Waals surface area contributed by atoms with E-state index in [1.54, 1.807) is 49.6 Å². The van der Waals surface area contributed by atoms with E-state index >= 15 is 0 Å². The van der Waals surface area contributed by atoms with Gasteiger partial charge >= 0.3 is 0 Å². The Morgan fingerprint density at radius 3 is 2.33 bits per heavy atom. The number of ether oxygens (including phenoxy) is 2. The molecule has 2 aromatic carbocycles. The second-order valence-corrected chi connectivity index (χ2v) is 7.50. The Balaban J connectivity index is 1.37. The van der Waals surface area contributed by atoms with Crippen LogP contribution in [0.1, 0.15) is 52.8 Å². The molecule has 30 heavy (non-hydrogen) atoms. The minimum Gasteiger partial charge on any atom is -0.493 e. The lowest BCUT2D eigenvalue weighted by Crippen LogP contribution is -2.32. The van der Waals surface area contributed by atoms with Crippen molar-refractivity contribution in [2.75, 3.05) is 19.0 Å². The van der Waals surface area contributed by atoms with Crippen LogP contribution in [-0.2, 0) is 4.79 Å². The second kappa shape index (κ2) is 8.57. The summed E-state index contributed by atoms with van der Waals surface area (Å²) in [5, 5.41) is 2.81. The molecule has 1 heterocycles. The Morgan fingerprint density at radius 1 is 1.03 bits per heavy atom. The molecule has 0 bridgehead atoms. The molecule has 156 valence electrons. The molecule has 0 spiro atoms. The van der Waals surface area contributed by atoms with Crippen molar-refractivity contribution in [3.63, 3.8) is 0 Å². The van der Waals surface area contributed by atoms with E-state index in [1.165, 1.54) is 0 Å². The molecule has 1 aliphatic carbocycles. The molecule has 0 unspecified atom stereocenters. The molecular weight excluding hydrogens is 384 g/mol. The molecule has 7 nitrogen and oxygen atoms in total. The standard InChI is InChI=1S/C23H24N2O5/c1-29-19-11-10-15(14-20(19)30-16-6-2-3-7-16)24-21(26)12-13-25-22(27)17-8-4-5-9-18(17)23(25)28/h4-5,8-11,14,16H,2-3,6-7,12-13H2,1H3,(H,24,26). The van der Waals surface area contributed by atoms with Gasteiger partial charge in [-0.2, -0.15) is 0 Å². The first-order valence-electron chi connectivity index (χ1n) is 10.2. The highest BCUT2D eigenvalue weighted by molar-refractivity contribution is 6.21. The fourth-order valence-electron chi connectivity index (χ4n) is 3.91. The van der Waals surface area contributed by atoms with Gasteiger partial charge in [0.2, 0.25) is 5.91 Å². The van der Waals surface area contributed by atoms with Crippen LogP contribution in [0.25, 0.3) is 0 Å². The Kier molecular flexibility index (Phi) is 5.70. The number of rotatable bonds is 7. The third kappa shape index (κ3) is 4.01. The smallest absolute Gasteiger partial charge is 0.261 e. The van der Waals surface area contributed by atoms with Crippen molar-refractivity contribution in [2.45, 2.75) is 38.2 Å². The fraction of sp³-hybridized carbons (Fsp3) is 0.348. The zero-order valence-electron chi connectivity index (χ0n) is 16.8. The molecule has 3 amide bonds. The summed E-state index contributed by atoms with van der Waals surface area (Å²) >= 11 is 0. The number of nitrogens with zero attached hydrogens (tertiary/aromatic N) is 1. The van der Waals surface area contributed by atoms with Crippen LogP contribution in [0.5, 0.6) is 11.5 Å². The van der Waals surface area contributed by atoms with Crippen molar-refractivity contribution in [1.82, 2.24) is 4.90 Å². The van der Waals surface area contributed by atoms with Gasteiger partial charge in [0.15, 0.2) is 11.5 Å². The van der Waals surface area contributed by atoms with E-state index in [4.69, 9.17) is 9.47 Å². The summed E-state index contributed by atoms with van der Waals surface area (Å²) in [7, 11) is 1.58. The first-order valence-corrected chi connectivity index (χ1v) is 10.2. The van der Waals surface area contributed by atoms with Gasteiger partial charge in [0, 0.05) is 24.7 Å². The molecule has 1 fully saturated rings. The van der Waals surface area contributed by atoms with E-state index in [-0.39, 0.29) is 36.8 Å². The first-order chi connectivity index (χ1) is 14.6. The molecular formula is C23H24N2O5. The normalized spacial score (nSPS) is 16.0. The van der Waals surface area contributed by atoms with Crippen molar-refractivity contribution in [3.8, 4) is 11.5 Å². The van der Waals surface area contributed by atoms with Gasteiger partial charge < -0.3 is 14.8 Å². The SMILES string of the molecule is COc1ccc(NC(=O)CCN2C(=O)c3ccccc3C2=O)cc1OC1CCCC1. The lowest BCUT2D eigenvalue weighted by Gasteiger charge is -2.17. The van der Waals surface area contributed by atoms with Gasteiger partial charge in [-0.1, -0.05) is 12.1 Å². The van der Waals surface area contributed by atoms with Gasteiger partial charge in [0.25, 0.3) is 11.8 Å². The zero-order chi connectivity index (χ0) is 21.1. The van der Waals surface area contributed by atoms with Crippen molar-refractivity contribution in [1.29, 1.82) is 0 Å². The molecule has 1 aliphatic heterocycles. The number of anilines is 1. The van der Waals surface area contributed by atoms with Crippen molar-refractivity contribution in [3.05, 3.63) is 53.6 Å². The number of hydrogen-bond acceptors (Lipinski definition) is 5. The lowest BCUT2D eigenvalue weighted by atomic mass is 10.1. The average molecular weight is 408 g/mol. The number of methoxy groups -OCH3 is 1. The van der Waals surface area contributed by atoms with Gasteiger partial charge in [-0.25, -0.2) is 0 Å². The molecule has 2 aromatic rings. The summed E-state index contributed by atoms with van der Waals surface area (Å²) in [5.74, 6) is 0.206. The average Bonchev–Trinajstić information content (AvgIpc) is 3.34. The molecule has 2 aliphatic rings. The molecule has 1 N–H and O–H groups in total. The summed E-state index contributed by atoms with van der Waals surface area (Å²) in [6.07, 6.45) is 4.51. The molecule has 0 aromatic heterocycles. The number of hydrogen-bond donors (Lipinski definition) is 1. The lowest BCUT2D eigenvalue weighted by molar-refractivity contribution is -0.116. The summed E-state index contributed by atoms with van der Waals surface area (Å²) in [6.45, 7) is 0.0275. The Bertz CT molecular complexity index is 946. The van der Waals surface area contributed by atoms with Crippen LogP contribution in [0, 0.1) is 0 Å². The van der Waals surface area contributed by atoms with E-state index in [9.17, 15) is 14.4 Å². The largest absolute Gasteiger partial charge is 0.493 e. The van der Waals surface area contributed by atoms with Gasteiger partial charge in [-0.3, -0.25) is 19.3 Å². The number of imide groups is 1. The summed E-state index contributed by atoms with van der Waals surface area (Å²) in [6, 6.07) is 11.9. The van der Waals surface area contributed by atoms with Gasteiger partial charge in [-0.05, 0) is 49.9 Å². The number of fused-ring (bicyclic) bond motifs is 1. The number of benzene rings is 2. The molecule has 1 saturated carbocycles. The molecule has 0 saturated heterocycles. The van der Waals surface area contributed by atoms with E-state index in [0.717, 1.165) is 30.6 Å². The first kappa shape index (κ1) is 19.9. The second-order valence-electron chi connectivity index (χ2n) is 7.50. The van der Waals surface area contributed by atoms with Gasteiger partial charge in [0.1, 0.15) is 0 Å². The van der Waals surface area contributed by atoms with E-state index < -0.39 is 0 Å². The highest BCUT2D eigenvalue weighted by Crippen LogP contribution is 2.34. The summed E-state index contributed by atoms with van der Waals surface area (Å²) < 4.78 is 11.4. The predicted octanol–water partition coefficient (Wildman–Crippen LogP) is 3.64. The van der Waals surface area contributed by atoms with E-state index in [1.807, 2.05) is 0 Å². The number of carbonyl (C=O) groups excluding carboxylic acids is 3. The quantitative estimate of drug-likeness (QED) is 0.707. The zero-order valence-corrected chi connectivity index (χ0v) is 16.8. The van der Waals surface area contributed by atoms with Crippen LogP contribution in [0.15, 0.2) is 42.5 Å². The fourth-order valence-corrected chi connectivity index (χ4v) is 3.91. The summed E-state index contributed by atoms with van der Waals surface area (Å²) in [5.41, 5.74) is 1.34. The Morgan fingerprint density at radius 2 is 1.70 bits per heavy atom. The van der Waals surface area contributed by atoms with Crippen molar-refractivity contribution >= 4 is 23.4 Å². The highest BCUT2D eigenvalue weighted by atomic mass is 16.5. The topological polar surface area (TPSA) is 84.9 Å². The van der Waals surface area contributed by atoms with Gasteiger partial charge in [-0.15, -0.1) is 0 Å². The minimum atomic E-state index is -0.361. The highest BCUT2D eigenvalue weighted by Gasteiger charge is 2.35. The number of carbonyl (C=O) groups is 3. The monoisotopic (exact) mass is 408 g/mol. The van der Waals surface area contributed by atoms with Crippen molar-refractivity contribution < 1.29 is 23.9 Å². The molecule has 7 heteroatoms. The van der Waals surface area contributed by atoms with Crippen LogP contribution in [0.2, 0.25) is 0 Å². The van der Waals surface area contributed by atoms with Crippen LogP contribution in [0.3, 0.4) is 0 Å². The maximum absolute atomic E-state index is 12.4. The Hall–Kier alpha value is -3.35. The predicted molar refractivity (Wildman–Crippen MR) is 111 cm³/mol. The maximum atomic E-state index is 12.4. The van der Waals surface area contributed by atoms with E-state index in [2.05, 4.69) is 5.32 Å².